The van der Waals surface area contributed by atoms with E-state index in [9.17, 15) is 19.0 Å². The molecule has 294 valence electrons. The number of allylic oxidation sites excluding steroid dienone is 10. The molecular weight excluding hydrogens is 663 g/mol. The van der Waals surface area contributed by atoms with Crippen LogP contribution < -0.4 is 0 Å². The molecule has 0 fully saturated rings. The number of ether oxygens (including phenoxy) is 2. The maximum absolute atomic E-state index is 12.5. The van der Waals surface area contributed by atoms with Crippen LogP contribution in [0.25, 0.3) is 0 Å². The van der Waals surface area contributed by atoms with Crippen molar-refractivity contribution in [1.82, 2.24) is 0 Å². The minimum Gasteiger partial charge on any atom is -0.462 e. The molecule has 0 aromatic rings. The van der Waals surface area contributed by atoms with Crippen molar-refractivity contribution in [2.45, 2.75) is 174 Å². The van der Waals surface area contributed by atoms with Crippen molar-refractivity contribution in [1.29, 1.82) is 0 Å². The van der Waals surface area contributed by atoms with Crippen LogP contribution in [0.15, 0.2) is 60.8 Å². The maximum Gasteiger partial charge on any atom is 0.472 e. The Hall–Kier alpha value is -2.25. The second-order valence-corrected chi connectivity index (χ2v) is 14.6. The Labute approximate surface area is 311 Å². The summed E-state index contributed by atoms with van der Waals surface area (Å²) in [6.45, 7) is 3.71. The van der Waals surface area contributed by atoms with E-state index in [1.54, 1.807) is 0 Å². The fourth-order valence-electron chi connectivity index (χ4n) is 5.16. The van der Waals surface area contributed by atoms with E-state index in [0.717, 1.165) is 103 Å². The average molecular weight is 737 g/mol. The van der Waals surface area contributed by atoms with E-state index in [1.807, 2.05) is 0 Å². The van der Waals surface area contributed by atoms with Gasteiger partial charge in [-0.2, -0.15) is 0 Å². The van der Waals surface area contributed by atoms with Gasteiger partial charge in [-0.05, 0) is 70.6 Å². The molecule has 0 saturated heterocycles. The van der Waals surface area contributed by atoms with Crippen molar-refractivity contribution >= 4 is 19.8 Å². The monoisotopic (exact) mass is 737 g/mol. The molecule has 0 rings (SSSR count). The SMILES string of the molecule is CC/C=C\C/C=C\C/C=C\C/C=C\CCCCCCCCCCC(=O)OC(COC(=O)CCCCCCC/C=C\CCCC)COP(=O)(O)OC. The number of carbonyl (C=O) groups excluding carboxylic acids is 2. The summed E-state index contributed by atoms with van der Waals surface area (Å²) in [7, 11) is -3.21. The van der Waals surface area contributed by atoms with Crippen LogP contribution in [0.4, 0.5) is 0 Å². The molecule has 0 bridgehead atoms. The largest absolute Gasteiger partial charge is 0.472 e. The Bertz CT molecular complexity index is 1020. The first-order valence-corrected chi connectivity index (χ1v) is 21.5. The van der Waals surface area contributed by atoms with Crippen LogP contribution in [0.3, 0.4) is 0 Å². The lowest BCUT2D eigenvalue weighted by Crippen LogP contribution is -2.29. The Morgan fingerprint density at radius 1 is 0.569 bits per heavy atom. The van der Waals surface area contributed by atoms with Gasteiger partial charge in [-0.15, -0.1) is 0 Å². The summed E-state index contributed by atoms with van der Waals surface area (Å²) in [6.07, 6.45) is 45.6. The van der Waals surface area contributed by atoms with E-state index < -0.39 is 26.5 Å². The van der Waals surface area contributed by atoms with Crippen molar-refractivity contribution in [3.63, 3.8) is 0 Å². The van der Waals surface area contributed by atoms with Gasteiger partial charge >= 0.3 is 19.8 Å². The predicted molar refractivity (Wildman–Crippen MR) is 211 cm³/mol. The summed E-state index contributed by atoms with van der Waals surface area (Å²) in [6, 6.07) is 0. The van der Waals surface area contributed by atoms with Crippen molar-refractivity contribution in [3.8, 4) is 0 Å². The van der Waals surface area contributed by atoms with Crippen LogP contribution >= 0.6 is 7.82 Å². The molecule has 9 heteroatoms. The van der Waals surface area contributed by atoms with Crippen molar-refractivity contribution < 1.29 is 37.6 Å². The standard InChI is InChI=1S/C42H73O8P/c1-4-6-8-10-12-14-16-17-18-19-20-21-22-23-24-25-27-29-31-33-35-37-42(44)50-40(39-49-51(45,46)47-3)38-48-41(43)36-34-32-30-28-26-15-13-11-9-7-5-2/h6,8,11-14,17-18,20-21,40H,4-5,7,9-10,15-16,19,22-39H2,1-3H3,(H,45,46)/b8-6-,13-11-,14-12-,18-17-,21-20-. The minimum absolute atomic E-state index is 0.231. The summed E-state index contributed by atoms with van der Waals surface area (Å²) >= 11 is 0. The van der Waals surface area contributed by atoms with E-state index in [0.29, 0.717) is 6.42 Å². The van der Waals surface area contributed by atoms with E-state index in [-0.39, 0.29) is 25.4 Å². The van der Waals surface area contributed by atoms with Crippen LogP contribution in [-0.2, 0) is 32.7 Å². The molecule has 0 aromatic heterocycles. The smallest absolute Gasteiger partial charge is 0.462 e. The number of phosphoric ester groups is 1. The van der Waals surface area contributed by atoms with E-state index in [4.69, 9.17) is 14.0 Å². The molecular formula is C42H73O8P. The summed E-state index contributed by atoms with van der Waals surface area (Å²) < 4.78 is 31.9. The third kappa shape index (κ3) is 37.3. The number of hydrogen-bond donors (Lipinski definition) is 1. The lowest BCUT2D eigenvalue weighted by molar-refractivity contribution is -0.161. The Kier molecular flexibility index (Phi) is 35.9. The Morgan fingerprint density at radius 2 is 1.00 bits per heavy atom. The molecule has 0 aliphatic carbocycles. The second kappa shape index (κ2) is 37.5. The molecule has 0 radical (unpaired) electrons. The number of carbonyl (C=O) groups is 2. The molecule has 1 N–H and O–H groups in total. The highest BCUT2D eigenvalue weighted by molar-refractivity contribution is 7.47. The predicted octanol–water partition coefficient (Wildman–Crippen LogP) is 12.4. The van der Waals surface area contributed by atoms with Gasteiger partial charge in [-0.3, -0.25) is 18.6 Å². The quantitative estimate of drug-likeness (QED) is 0.0293. The second-order valence-electron chi connectivity index (χ2n) is 13.0. The molecule has 51 heavy (non-hydrogen) atoms. The van der Waals surface area contributed by atoms with Gasteiger partial charge in [0.05, 0.1) is 6.61 Å². The van der Waals surface area contributed by atoms with Crippen LogP contribution in [0.2, 0.25) is 0 Å². The number of esters is 2. The first-order chi connectivity index (χ1) is 24.8. The molecule has 0 aliphatic rings. The lowest BCUT2D eigenvalue weighted by atomic mass is 10.1. The lowest BCUT2D eigenvalue weighted by Gasteiger charge is -2.19. The van der Waals surface area contributed by atoms with Gasteiger partial charge in [0, 0.05) is 20.0 Å². The van der Waals surface area contributed by atoms with Gasteiger partial charge < -0.3 is 14.4 Å². The highest BCUT2D eigenvalue weighted by atomic mass is 31.2. The van der Waals surface area contributed by atoms with Gasteiger partial charge in [-0.1, -0.05) is 145 Å². The number of unbranched alkanes of at least 4 members (excludes halogenated alkanes) is 15. The summed E-state index contributed by atoms with van der Waals surface area (Å²) in [5, 5.41) is 0. The van der Waals surface area contributed by atoms with Gasteiger partial charge in [0.2, 0.25) is 0 Å². The summed E-state index contributed by atoms with van der Waals surface area (Å²) in [4.78, 5) is 34.3. The highest BCUT2D eigenvalue weighted by Gasteiger charge is 2.24. The summed E-state index contributed by atoms with van der Waals surface area (Å²) in [5.41, 5.74) is 0. The van der Waals surface area contributed by atoms with E-state index in [1.165, 1.54) is 38.5 Å². The van der Waals surface area contributed by atoms with Crippen LogP contribution in [0.1, 0.15) is 168 Å². The van der Waals surface area contributed by atoms with E-state index in [2.05, 4.69) is 79.1 Å². The van der Waals surface area contributed by atoms with Gasteiger partial charge in [0.1, 0.15) is 6.61 Å². The molecule has 8 nitrogen and oxygen atoms in total. The van der Waals surface area contributed by atoms with Crippen molar-refractivity contribution in [2.24, 2.45) is 0 Å². The zero-order chi connectivity index (χ0) is 37.5. The molecule has 0 saturated carbocycles. The Morgan fingerprint density at radius 3 is 1.51 bits per heavy atom. The van der Waals surface area contributed by atoms with Gasteiger partial charge in [0.15, 0.2) is 6.10 Å². The zero-order valence-electron chi connectivity index (χ0n) is 32.5. The van der Waals surface area contributed by atoms with Crippen LogP contribution in [0, 0.1) is 0 Å². The molecule has 0 heterocycles. The molecule has 0 aliphatic heterocycles. The van der Waals surface area contributed by atoms with Gasteiger partial charge in [0.25, 0.3) is 0 Å². The van der Waals surface area contributed by atoms with Gasteiger partial charge in [-0.25, -0.2) is 4.57 Å². The zero-order valence-corrected chi connectivity index (χ0v) is 33.4. The minimum atomic E-state index is -4.26. The average Bonchev–Trinajstić information content (AvgIpc) is 3.12. The number of hydrogen-bond acceptors (Lipinski definition) is 7. The fraction of sp³-hybridized carbons (Fsp3) is 0.714. The maximum atomic E-state index is 12.5. The van der Waals surface area contributed by atoms with Crippen LogP contribution in [-0.4, -0.2) is 43.3 Å². The molecule has 0 aromatic carbocycles. The number of rotatable bonds is 36. The first-order valence-electron chi connectivity index (χ1n) is 20.0. The summed E-state index contributed by atoms with van der Waals surface area (Å²) in [5.74, 6) is -0.829. The molecule has 0 amide bonds. The topological polar surface area (TPSA) is 108 Å². The highest BCUT2D eigenvalue weighted by Crippen LogP contribution is 2.42. The molecule has 2 atom stereocenters. The van der Waals surface area contributed by atoms with Crippen molar-refractivity contribution in [2.75, 3.05) is 20.3 Å². The first kappa shape index (κ1) is 48.8. The third-order valence-corrected chi connectivity index (χ3v) is 9.18. The number of phosphoric acid groups is 1. The van der Waals surface area contributed by atoms with Crippen molar-refractivity contribution in [3.05, 3.63) is 60.8 Å². The normalized spacial score (nSPS) is 14.0. The van der Waals surface area contributed by atoms with Crippen LogP contribution in [0.5, 0.6) is 0 Å². The van der Waals surface area contributed by atoms with E-state index >= 15 is 0 Å². The molecule has 2 unspecified atom stereocenters. The fourth-order valence-corrected chi connectivity index (χ4v) is 5.62. The molecule has 0 spiro atoms. The third-order valence-electron chi connectivity index (χ3n) is 8.25. The Balaban J connectivity index is 4.03.